The van der Waals surface area contributed by atoms with Gasteiger partial charge in [0.05, 0.1) is 0 Å². The van der Waals surface area contributed by atoms with Crippen LogP contribution in [0.2, 0.25) is 0 Å². The van der Waals surface area contributed by atoms with Crippen molar-refractivity contribution in [2.75, 3.05) is 13.1 Å². The van der Waals surface area contributed by atoms with Gasteiger partial charge in [0.1, 0.15) is 0 Å². The fourth-order valence-electron chi connectivity index (χ4n) is 1.63. The predicted molar refractivity (Wildman–Crippen MR) is 72.3 cm³/mol. The van der Waals surface area contributed by atoms with Gasteiger partial charge >= 0.3 is 5.97 Å². The van der Waals surface area contributed by atoms with Crippen molar-refractivity contribution in [3.05, 3.63) is 24.8 Å². The summed E-state index contributed by atoms with van der Waals surface area (Å²) in [5.41, 5.74) is 0.530. The highest BCUT2D eigenvalue weighted by Crippen LogP contribution is 2.06. The minimum absolute atomic E-state index is 0.0413. The van der Waals surface area contributed by atoms with Gasteiger partial charge in [-0.05, 0) is 19.8 Å². The molecule has 4 heteroatoms. The van der Waals surface area contributed by atoms with E-state index in [1.54, 1.807) is 17.9 Å². The number of carbonyl (C=O) groups excluding carboxylic acids is 1. The third-order valence-electron chi connectivity index (χ3n) is 2.57. The first kappa shape index (κ1) is 16.4. The summed E-state index contributed by atoms with van der Waals surface area (Å²) in [5, 5.41) is 8.49. The molecule has 1 amide bonds. The van der Waals surface area contributed by atoms with Gasteiger partial charge < -0.3 is 10.0 Å². The molecule has 0 heterocycles. The van der Waals surface area contributed by atoms with Crippen molar-refractivity contribution in [1.82, 2.24) is 4.90 Å². The minimum Gasteiger partial charge on any atom is -0.481 e. The van der Waals surface area contributed by atoms with E-state index in [-0.39, 0.29) is 12.3 Å². The van der Waals surface area contributed by atoms with E-state index in [4.69, 9.17) is 5.11 Å². The van der Waals surface area contributed by atoms with Crippen LogP contribution in [0.3, 0.4) is 0 Å². The quantitative estimate of drug-likeness (QED) is 0.370. The van der Waals surface area contributed by atoms with Crippen molar-refractivity contribution in [3.63, 3.8) is 0 Å². The normalized spacial score (nSPS) is 9.83. The predicted octanol–water partition coefficient (Wildman–Crippen LogP) is 2.61. The molecule has 0 aromatic carbocycles. The maximum absolute atomic E-state index is 11.7. The molecule has 0 saturated heterocycles. The molecule has 0 atom stereocenters. The van der Waals surface area contributed by atoms with Gasteiger partial charge in [-0.3, -0.25) is 9.59 Å². The third kappa shape index (κ3) is 7.65. The Balaban J connectivity index is 3.84. The zero-order chi connectivity index (χ0) is 14.0. The second-order valence-corrected chi connectivity index (χ2v) is 4.38. The fourth-order valence-corrected chi connectivity index (χ4v) is 1.63. The number of carboxylic acid groups (broad SMARTS) is 1. The highest BCUT2D eigenvalue weighted by atomic mass is 16.4. The van der Waals surface area contributed by atoms with Gasteiger partial charge in [0.2, 0.25) is 5.91 Å². The molecule has 0 bridgehead atoms. The summed E-state index contributed by atoms with van der Waals surface area (Å²) in [4.78, 5) is 23.8. The molecular formula is C14H23NO3. The van der Waals surface area contributed by atoms with Crippen molar-refractivity contribution in [2.45, 2.75) is 39.0 Å². The largest absolute Gasteiger partial charge is 0.481 e. The average molecular weight is 253 g/mol. The number of rotatable bonds is 10. The molecule has 0 saturated carbocycles. The monoisotopic (exact) mass is 253 g/mol. The molecule has 18 heavy (non-hydrogen) atoms. The molecule has 0 aromatic heterocycles. The van der Waals surface area contributed by atoms with E-state index in [1.165, 1.54) is 0 Å². The van der Waals surface area contributed by atoms with Crippen LogP contribution < -0.4 is 0 Å². The van der Waals surface area contributed by atoms with E-state index in [9.17, 15) is 9.59 Å². The summed E-state index contributed by atoms with van der Waals surface area (Å²) in [6.45, 7) is 10.2. The van der Waals surface area contributed by atoms with Crippen LogP contribution in [0.5, 0.6) is 0 Å². The Morgan fingerprint density at radius 3 is 2.33 bits per heavy atom. The summed E-state index contributed by atoms with van der Waals surface area (Å²) in [7, 11) is 0. The van der Waals surface area contributed by atoms with Crippen molar-refractivity contribution < 1.29 is 14.7 Å². The SMILES string of the molecule is C=CCN(CCCCCCC(=O)O)C(=O)C(=C)C. The van der Waals surface area contributed by atoms with Crippen molar-refractivity contribution in [1.29, 1.82) is 0 Å². The summed E-state index contributed by atoms with van der Waals surface area (Å²) in [5.74, 6) is -0.791. The highest BCUT2D eigenvalue weighted by molar-refractivity contribution is 5.92. The molecule has 0 aliphatic rings. The number of hydrogen-bond acceptors (Lipinski definition) is 2. The summed E-state index contributed by atoms with van der Waals surface area (Å²) in [6.07, 6.45) is 5.32. The van der Waals surface area contributed by atoms with E-state index >= 15 is 0 Å². The molecule has 0 unspecified atom stereocenters. The van der Waals surface area contributed by atoms with Gasteiger partial charge in [-0.25, -0.2) is 0 Å². The number of nitrogens with zero attached hydrogens (tertiary/aromatic N) is 1. The molecule has 0 radical (unpaired) electrons. The minimum atomic E-state index is -0.749. The fraction of sp³-hybridized carbons (Fsp3) is 0.571. The lowest BCUT2D eigenvalue weighted by atomic mass is 10.1. The van der Waals surface area contributed by atoms with Gasteiger partial charge in [-0.2, -0.15) is 0 Å². The Kier molecular flexibility index (Phi) is 8.62. The Bertz CT molecular complexity index is 310. The van der Waals surface area contributed by atoms with Crippen molar-refractivity contribution >= 4 is 11.9 Å². The topological polar surface area (TPSA) is 57.6 Å². The van der Waals surface area contributed by atoms with E-state index in [0.717, 1.165) is 19.3 Å². The molecule has 0 aliphatic carbocycles. The van der Waals surface area contributed by atoms with Gasteiger partial charge in [-0.1, -0.05) is 25.5 Å². The number of aliphatic carboxylic acids is 1. The van der Waals surface area contributed by atoms with Crippen molar-refractivity contribution in [2.24, 2.45) is 0 Å². The van der Waals surface area contributed by atoms with E-state index in [0.29, 0.717) is 25.1 Å². The molecule has 4 nitrogen and oxygen atoms in total. The zero-order valence-electron chi connectivity index (χ0n) is 11.2. The van der Waals surface area contributed by atoms with Crippen LogP contribution in [0.25, 0.3) is 0 Å². The molecule has 0 fully saturated rings. The maximum atomic E-state index is 11.7. The smallest absolute Gasteiger partial charge is 0.303 e. The Morgan fingerprint density at radius 1 is 1.22 bits per heavy atom. The number of carbonyl (C=O) groups is 2. The molecule has 0 aliphatic heterocycles. The lowest BCUT2D eigenvalue weighted by Crippen LogP contribution is -2.32. The molecule has 102 valence electrons. The number of hydrogen-bond donors (Lipinski definition) is 1. The molecule has 1 N–H and O–H groups in total. The van der Waals surface area contributed by atoms with Gasteiger partial charge in [-0.15, -0.1) is 6.58 Å². The third-order valence-corrected chi connectivity index (χ3v) is 2.57. The standard InChI is InChI=1S/C14H23NO3/c1-4-10-15(14(18)12(2)3)11-8-6-5-7-9-13(16)17/h4H,1-2,5-11H2,3H3,(H,16,17). The van der Waals surface area contributed by atoms with Crippen LogP contribution in [-0.4, -0.2) is 35.0 Å². The summed E-state index contributed by atoms with van der Waals surface area (Å²) in [6, 6.07) is 0. The van der Waals surface area contributed by atoms with Crippen molar-refractivity contribution in [3.8, 4) is 0 Å². The van der Waals surface area contributed by atoms with Crippen LogP contribution in [0, 0.1) is 0 Å². The second kappa shape index (κ2) is 9.45. The molecule has 0 rings (SSSR count). The second-order valence-electron chi connectivity index (χ2n) is 4.38. The van der Waals surface area contributed by atoms with Crippen LogP contribution in [-0.2, 0) is 9.59 Å². The van der Waals surface area contributed by atoms with Gasteiger partial charge in [0.25, 0.3) is 0 Å². The zero-order valence-corrected chi connectivity index (χ0v) is 11.2. The number of unbranched alkanes of at least 4 members (excludes halogenated alkanes) is 3. The maximum Gasteiger partial charge on any atom is 0.303 e. The summed E-state index contributed by atoms with van der Waals surface area (Å²) < 4.78 is 0. The average Bonchev–Trinajstić information content (AvgIpc) is 2.30. The first-order chi connectivity index (χ1) is 8.49. The molecule has 0 aromatic rings. The van der Waals surface area contributed by atoms with E-state index < -0.39 is 5.97 Å². The number of carboxylic acids is 1. The first-order valence-electron chi connectivity index (χ1n) is 6.26. The van der Waals surface area contributed by atoms with Crippen LogP contribution in [0.4, 0.5) is 0 Å². The lowest BCUT2D eigenvalue weighted by Gasteiger charge is -2.21. The highest BCUT2D eigenvalue weighted by Gasteiger charge is 2.11. The Labute approximate surface area is 109 Å². The van der Waals surface area contributed by atoms with Crippen LogP contribution in [0.15, 0.2) is 24.8 Å². The van der Waals surface area contributed by atoms with E-state index in [2.05, 4.69) is 13.2 Å². The van der Waals surface area contributed by atoms with E-state index in [1.807, 2.05) is 0 Å². The van der Waals surface area contributed by atoms with Crippen LogP contribution in [0.1, 0.15) is 39.0 Å². The molecular weight excluding hydrogens is 230 g/mol. The number of amides is 1. The van der Waals surface area contributed by atoms with Crippen LogP contribution >= 0.6 is 0 Å². The Morgan fingerprint density at radius 2 is 1.83 bits per heavy atom. The molecule has 0 spiro atoms. The van der Waals surface area contributed by atoms with Gasteiger partial charge in [0, 0.05) is 25.1 Å². The first-order valence-corrected chi connectivity index (χ1v) is 6.26. The summed E-state index contributed by atoms with van der Waals surface area (Å²) >= 11 is 0. The lowest BCUT2D eigenvalue weighted by molar-refractivity contribution is -0.137. The van der Waals surface area contributed by atoms with Gasteiger partial charge in [0.15, 0.2) is 0 Å². The Hall–Kier alpha value is -1.58.